The highest BCUT2D eigenvalue weighted by atomic mass is 32.2. The first-order valence-electron chi connectivity index (χ1n) is 8.60. The third kappa shape index (κ3) is 3.14. The maximum Gasteiger partial charge on any atom is 0.330 e. The first kappa shape index (κ1) is 17.5. The smallest absolute Gasteiger partial charge is 0.330 e. The van der Waals surface area contributed by atoms with E-state index in [9.17, 15) is 9.59 Å². The fraction of sp³-hybridized carbons (Fsp3) is 0.421. The van der Waals surface area contributed by atoms with Gasteiger partial charge in [0.25, 0.3) is 0 Å². The van der Waals surface area contributed by atoms with Crippen molar-refractivity contribution in [1.29, 1.82) is 0 Å². The summed E-state index contributed by atoms with van der Waals surface area (Å²) in [6.07, 6.45) is 1.31. The third-order valence-electron chi connectivity index (χ3n) is 4.93. The van der Waals surface area contributed by atoms with Crippen molar-refractivity contribution in [3.8, 4) is 10.6 Å². The van der Waals surface area contributed by atoms with E-state index in [1.807, 2.05) is 31.4 Å². The molecule has 7 heteroatoms. The summed E-state index contributed by atoms with van der Waals surface area (Å²) >= 11 is 3.21. The summed E-state index contributed by atoms with van der Waals surface area (Å²) in [6, 6.07) is 7.71. The molecule has 2 aliphatic rings. The van der Waals surface area contributed by atoms with E-state index in [1.165, 1.54) is 16.9 Å². The number of amides is 1. The van der Waals surface area contributed by atoms with Crippen molar-refractivity contribution in [1.82, 2.24) is 9.88 Å². The predicted octanol–water partition coefficient (Wildman–Crippen LogP) is 3.62. The van der Waals surface area contributed by atoms with Crippen molar-refractivity contribution in [2.24, 2.45) is 0 Å². The minimum atomic E-state index is -0.477. The van der Waals surface area contributed by atoms with E-state index in [2.05, 4.69) is 17.1 Å². The Kier molecular flexibility index (Phi) is 4.52. The van der Waals surface area contributed by atoms with Gasteiger partial charge in [0, 0.05) is 23.1 Å². The highest BCUT2D eigenvalue weighted by Gasteiger charge is 2.53. The monoisotopic (exact) mass is 388 g/mol. The second-order valence-electron chi connectivity index (χ2n) is 6.88. The fourth-order valence-corrected chi connectivity index (χ4v) is 5.67. The number of thiazole rings is 1. The first-order valence-corrected chi connectivity index (χ1v) is 10.5. The van der Waals surface area contributed by atoms with E-state index in [0.717, 1.165) is 22.7 Å². The molecule has 1 amide bonds. The van der Waals surface area contributed by atoms with Crippen LogP contribution in [0.1, 0.15) is 31.0 Å². The Hall–Kier alpha value is -1.86. The Labute approximate surface area is 160 Å². The van der Waals surface area contributed by atoms with E-state index in [-0.39, 0.29) is 23.4 Å². The summed E-state index contributed by atoms with van der Waals surface area (Å²) in [6.45, 7) is 4.22. The van der Waals surface area contributed by atoms with Crippen LogP contribution in [0.4, 0.5) is 0 Å². The van der Waals surface area contributed by atoms with Crippen LogP contribution in [-0.4, -0.2) is 38.4 Å². The van der Waals surface area contributed by atoms with Gasteiger partial charge < -0.3 is 9.64 Å². The highest BCUT2D eigenvalue weighted by molar-refractivity contribution is 8.01. The Morgan fingerprint density at radius 1 is 1.38 bits per heavy atom. The van der Waals surface area contributed by atoms with Gasteiger partial charge in [-0.2, -0.15) is 0 Å². The standard InChI is InChI=1S/C19H20N2O3S2/c1-12-3-5-13(6-4-12)17-20-14(10-25-17)9-24-18(23)15-11-26-19(2)8-7-16(22)21(15)19/h3-6,10,15H,7-9,11H2,1-2H3/t15-,19+/m0/s1. The number of benzene rings is 1. The van der Waals surface area contributed by atoms with Gasteiger partial charge in [0.1, 0.15) is 17.7 Å². The minimum Gasteiger partial charge on any atom is -0.458 e. The third-order valence-corrected chi connectivity index (χ3v) is 7.37. The maximum absolute atomic E-state index is 12.5. The number of thioether (sulfide) groups is 1. The van der Waals surface area contributed by atoms with Crippen LogP contribution in [0, 0.1) is 6.92 Å². The molecule has 136 valence electrons. The molecule has 2 saturated heterocycles. The van der Waals surface area contributed by atoms with Crippen LogP contribution >= 0.6 is 23.1 Å². The van der Waals surface area contributed by atoms with Crippen molar-refractivity contribution in [2.75, 3.05) is 5.75 Å². The normalized spacial score (nSPS) is 24.8. The number of aryl methyl sites for hydroxylation is 1. The largest absolute Gasteiger partial charge is 0.458 e. The molecule has 1 aromatic carbocycles. The van der Waals surface area contributed by atoms with E-state index in [0.29, 0.717) is 12.2 Å². The second-order valence-corrected chi connectivity index (χ2v) is 9.24. The number of aromatic nitrogens is 1. The Morgan fingerprint density at radius 3 is 2.92 bits per heavy atom. The van der Waals surface area contributed by atoms with Crippen molar-refractivity contribution < 1.29 is 14.3 Å². The number of hydrogen-bond acceptors (Lipinski definition) is 6. The quantitative estimate of drug-likeness (QED) is 0.749. The van der Waals surface area contributed by atoms with Crippen LogP contribution in [0.15, 0.2) is 29.6 Å². The zero-order valence-electron chi connectivity index (χ0n) is 14.7. The average Bonchev–Trinajstić information content (AvgIpc) is 3.30. The lowest BCUT2D eigenvalue weighted by Gasteiger charge is -2.29. The van der Waals surface area contributed by atoms with E-state index in [4.69, 9.17) is 4.74 Å². The zero-order valence-corrected chi connectivity index (χ0v) is 16.4. The molecule has 5 nitrogen and oxygen atoms in total. The number of carbonyl (C=O) groups is 2. The predicted molar refractivity (Wildman–Crippen MR) is 103 cm³/mol. The summed E-state index contributed by atoms with van der Waals surface area (Å²) in [7, 11) is 0. The van der Waals surface area contributed by atoms with Crippen LogP contribution in [0.5, 0.6) is 0 Å². The number of ether oxygens (including phenoxy) is 1. The lowest BCUT2D eigenvalue weighted by Crippen LogP contribution is -2.46. The molecule has 3 heterocycles. The van der Waals surface area contributed by atoms with Crippen molar-refractivity contribution >= 4 is 35.0 Å². The molecule has 0 unspecified atom stereocenters. The molecular weight excluding hydrogens is 368 g/mol. The molecule has 2 atom stereocenters. The van der Waals surface area contributed by atoms with Gasteiger partial charge in [-0.15, -0.1) is 23.1 Å². The summed E-state index contributed by atoms with van der Waals surface area (Å²) < 4.78 is 5.48. The molecule has 2 aliphatic heterocycles. The van der Waals surface area contributed by atoms with E-state index >= 15 is 0 Å². The molecule has 0 spiro atoms. The van der Waals surface area contributed by atoms with Crippen LogP contribution in [0.25, 0.3) is 10.6 Å². The molecule has 2 aromatic rings. The molecule has 0 saturated carbocycles. The van der Waals surface area contributed by atoms with Crippen molar-refractivity contribution in [3.63, 3.8) is 0 Å². The van der Waals surface area contributed by atoms with Crippen LogP contribution < -0.4 is 0 Å². The lowest BCUT2D eigenvalue weighted by molar-refractivity contribution is -0.154. The highest BCUT2D eigenvalue weighted by Crippen LogP contribution is 2.47. The number of nitrogens with zero attached hydrogens (tertiary/aromatic N) is 2. The SMILES string of the molecule is Cc1ccc(-c2nc(COC(=O)[C@@H]3CS[C@]4(C)CCC(=O)N34)cs2)cc1. The van der Waals surface area contributed by atoms with E-state index < -0.39 is 6.04 Å². The van der Waals surface area contributed by atoms with Gasteiger partial charge in [0.2, 0.25) is 5.91 Å². The zero-order chi connectivity index (χ0) is 18.3. The second kappa shape index (κ2) is 6.70. The van der Waals surface area contributed by atoms with Crippen molar-refractivity contribution in [2.45, 2.75) is 44.2 Å². The van der Waals surface area contributed by atoms with Gasteiger partial charge >= 0.3 is 5.97 Å². The number of rotatable bonds is 4. The summed E-state index contributed by atoms with van der Waals surface area (Å²) in [4.78, 5) is 30.7. The molecule has 4 rings (SSSR count). The van der Waals surface area contributed by atoms with Gasteiger partial charge in [0.05, 0.1) is 10.6 Å². The molecule has 2 fully saturated rings. The lowest BCUT2D eigenvalue weighted by atomic mass is 10.2. The van der Waals surface area contributed by atoms with Crippen LogP contribution in [0.3, 0.4) is 0 Å². The molecule has 0 aliphatic carbocycles. The first-order chi connectivity index (χ1) is 12.5. The van der Waals surface area contributed by atoms with E-state index in [1.54, 1.807) is 16.7 Å². The van der Waals surface area contributed by atoms with Gasteiger partial charge in [-0.3, -0.25) is 4.79 Å². The summed E-state index contributed by atoms with van der Waals surface area (Å²) in [5.41, 5.74) is 3.00. The number of esters is 1. The number of hydrogen-bond donors (Lipinski definition) is 0. The number of carbonyl (C=O) groups excluding carboxylic acids is 2. The van der Waals surface area contributed by atoms with Crippen LogP contribution in [0.2, 0.25) is 0 Å². The summed E-state index contributed by atoms with van der Waals surface area (Å²) in [5.74, 6) is 0.323. The van der Waals surface area contributed by atoms with Gasteiger partial charge in [-0.05, 0) is 20.3 Å². The average molecular weight is 389 g/mol. The molecule has 0 radical (unpaired) electrons. The molecule has 0 bridgehead atoms. The molecule has 26 heavy (non-hydrogen) atoms. The molecule has 0 N–H and O–H groups in total. The maximum atomic E-state index is 12.5. The Morgan fingerprint density at radius 2 is 2.15 bits per heavy atom. The topological polar surface area (TPSA) is 59.5 Å². The fourth-order valence-electron chi connectivity index (χ4n) is 3.44. The minimum absolute atomic E-state index is 0.0507. The summed E-state index contributed by atoms with van der Waals surface area (Å²) in [5, 5.41) is 2.83. The van der Waals surface area contributed by atoms with Gasteiger partial charge in [0.15, 0.2) is 0 Å². The van der Waals surface area contributed by atoms with Crippen LogP contribution in [-0.2, 0) is 20.9 Å². The Bertz CT molecular complexity index is 849. The van der Waals surface area contributed by atoms with Gasteiger partial charge in [-0.1, -0.05) is 29.8 Å². The molecule has 1 aromatic heterocycles. The molecular formula is C19H20N2O3S2. The number of fused-ring (bicyclic) bond motifs is 1. The van der Waals surface area contributed by atoms with Crippen molar-refractivity contribution in [3.05, 3.63) is 40.9 Å². The Balaban J connectivity index is 1.39. The van der Waals surface area contributed by atoms with Gasteiger partial charge in [-0.25, -0.2) is 9.78 Å².